The number of hydrogen-bond acceptors (Lipinski definition) is 5. The number of amides is 4. The van der Waals surface area contributed by atoms with Gasteiger partial charge < -0.3 is 20.1 Å². The van der Waals surface area contributed by atoms with Crippen LogP contribution in [0.3, 0.4) is 0 Å². The Bertz CT molecular complexity index is 903. The van der Waals surface area contributed by atoms with E-state index in [9.17, 15) is 14.4 Å². The van der Waals surface area contributed by atoms with Crippen LogP contribution in [0.1, 0.15) is 56.6 Å². The zero-order chi connectivity index (χ0) is 22.9. The van der Waals surface area contributed by atoms with E-state index in [1.165, 1.54) is 0 Å². The molecule has 1 spiro atoms. The summed E-state index contributed by atoms with van der Waals surface area (Å²) >= 11 is 0. The van der Waals surface area contributed by atoms with Gasteiger partial charge in [-0.15, -0.1) is 0 Å². The maximum absolute atomic E-state index is 13.1. The quantitative estimate of drug-likeness (QED) is 0.658. The van der Waals surface area contributed by atoms with Gasteiger partial charge in [0.2, 0.25) is 5.91 Å². The van der Waals surface area contributed by atoms with Gasteiger partial charge in [-0.2, -0.15) is 0 Å². The minimum Gasteiger partial charge on any atom is -0.496 e. The van der Waals surface area contributed by atoms with Gasteiger partial charge in [0.15, 0.2) is 0 Å². The summed E-state index contributed by atoms with van der Waals surface area (Å²) in [5.41, 5.74) is 1.01. The maximum atomic E-state index is 13.1. The summed E-state index contributed by atoms with van der Waals surface area (Å²) < 4.78 is 11.2. The van der Waals surface area contributed by atoms with Crippen LogP contribution in [0.15, 0.2) is 18.2 Å². The molecule has 4 amide bonds. The summed E-state index contributed by atoms with van der Waals surface area (Å²) in [5.74, 6) is 0.182. The Labute approximate surface area is 189 Å². The van der Waals surface area contributed by atoms with Crippen molar-refractivity contribution < 1.29 is 23.9 Å². The van der Waals surface area contributed by atoms with E-state index in [0.29, 0.717) is 32.6 Å². The predicted octanol–water partition coefficient (Wildman–Crippen LogP) is 2.42. The van der Waals surface area contributed by atoms with Crippen LogP contribution < -0.4 is 15.4 Å². The van der Waals surface area contributed by atoms with Gasteiger partial charge in [0.25, 0.3) is 5.91 Å². The van der Waals surface area contributed by atoms with Crippen molar-refractivity contribution in [1.29, 1.82) is 0 Å². The number of nitrogens with one attached hydrogen (secondary N) is 2. The molecule has 1 atom stereocenters. The van der Waals surface area contributed by atoms with Crippen LogP contribution >= 0.6 is 0 Å². The van der Waals surface area contributed by atoms with Crippen LogP contribution in [-0.2, 0) is 19.7 Å². The number of nitrogens with zero attached hydrogens (tertiary/aromatic N) is 1. The first kappa shape index (κ1) is 22.6. The summed E-state index contributed by atoms with van der Waals surface area (Å²) in [6.07, 6.45) is 4.57. The predicted molar refractivity (Wildman–Crippen MR) is 119 cm³/mol. The number of imide groups is 1. The molecular formula is C24H33N3O5. The minimum absolute atomic E-state index is 0.274. The lowest BCUT2D eigenvalue weighted by Crippen LogP contribution is -2.52. The molecule has 3 aliphatic rings. The highest BCUT2D eigenvalue weighted by atomic mass is 16.5. The third-order valence-corrected chi connectivity index (χ3v) is 7.39. The van der Waals surface area contributed by atoms with E-state index in [-0.39, 0.29) is 17.2 Å². The molecular weight excluding hydrogens is 410 g/mol. The third kappa shape index (κ3) is 3.85. The van der Waals surface area contributed by atoms with Crippen LogP contribution in [0.25, 0.3) is 0 Å². The molecule has 8 nitrogen and oxygen atoms in total. The number of hydrogen-bond donors (Lipinski definition) is 2. The molecule has 174 valence electrons. The van der Waals surface area contributed by atoms with Crippen molar-refractivity contribution in [3.05, 3.63) is 29.3 Å². The lowest BCUT2D eigenvalue weighted by atomic mass is 9.73. The molecule has 1 saturated carbocycles. The summed E-state index contributed by atoms with van der Waals surface area (Å²) in [4.78, 5) is 39.8. The molecule has 32 heavy (non-hydrogen) atoms. The first-order valence-electron chi connectivity index (χ1n) is 11.5. The van der Waals surface area contributed by atoms with Crippen molar-refractivity contribution in [3.63, 3.8) is 0 Å². The average molecular weight is 444 g/mol. The topological polar surface area (TPSA) is 97.0 Å². The van der Waals surface area contributed by atoms with Crippen molar-refractivity contribution in [1.82, 2.24) is 15.5 Å². The van der Waals surface area contributed by atoms with Gasteiger partial charge in [-0.05, 0) is 45.6 Å². The molecule has 1 aromatic rings. The van der Waals surface area contributed by atoms with Crippen LogP contribution in [0.5, 0.6) is 5.75 Å². The molecule has 1 aromatic carbocycles. The molecule has 2 N–H and O–H groups in total. The molecule has 2 aliphatic heterocycles. The standard InChI is InChI=1S/C24H33N3O5/c1-16-6-7-19(31-3)18(14-16)23(10-12-32-13-11-23)15-25-20(28)17(2)27-21(29)24(26-22(27)30)8-4-5-9-24/h6-7,14,17H,4-5,8-13,15H2,1-3H3,(H,25,28)(H,26,30). The smallest absolute Gasteiger partial charge is 0.325 e. The fourth-order valence-electron chi connectivity index (χ4n) is 5.37. The molecule has 1 unspecified atom stereocenters. The molecule has 0 bridgehead atoms. The maximum Gasteiger partial charge on any atom is 0.325 e. The van der Waals surface area contributed by atoms with E-state index in [2.05, 4.69) is 16.7 Å². The zero-order valence-electron chi connectivity index (χ0n) is 19.2. The van der Waals surface area contributed by atoms with Gasteiger partial charge in [0.05, 0.1) is 7.11 Å². The zero-order valence-corrected chi connectivity index (χ0v) is 19.2. The minimum atomic E-state index is -0.876. The lowest BCUT2D eigenvalue weighted by molar-refractivity contribution is -0.138. The van der Waals surface area contributed by atoms with Crippen molar-refractivity contribution in [2.45, 2.75) is 69.4 Å². The summed E-state index contributed by atoms with van der Waals surface area (Å²) in [5, 5.41) is 5.88. The Morgan fingerprint density at radius 3 is 2.56 bits per heavy atom. The van der Waals surface area contributed by atoms with E-state index in [1.54, 1.807) is 14.0 Å². The Balaban J connectivity index is 1.51. The van der Waals surface area contributed by atoms with Gasteiger partial charge in [0.1, 0.15) is 17.3 Å². The van der Waals surface area contributed by atoms with E-state index >= 15 is 0 Å². The van der Waals surface area contributed by atoms with Gasteiger partial charge in [-0.25, -0.2) is 9.69 Å². The van der Waals surface area contributed by atoms with Crippen LogP contribution in [-0.4, -0.2) is 61.2 Å². The average Bonchev–Trinajstić information content (AvgIpc) is 3.36. The Morgan fingerprint density at radius 1 is 1.22 bits per heavy atom. The second kappa shape index (κ2) is 8.73. The van der Waals surface area contributed by atoms with Crippen molar-refractivity contribution in [3.8, 4) is 5.75 Å². The Morgan fingerprint density at radius 2 is 1.91 bits per heavy atom. The fraction of sp³-hybridized carbons (Fsp3) is 0.625. The van der Waals surface area contributed by atoms with Gasteiger partial charge in [-0.3, -0.25) is 9.59 Å². The number of methoxy groups -OCH3 is 1. The van der Waals surface area contributed by atoms with Crippen LogP contribution in [0, 0.1) is 6.92 Å². The number of rotatable bonds is 6. The van der Waals surface area contributed by atoms with Gasteiger partial charge in [0, 0.05) is 30.7 Å². The molecule has 2 heterocycles. The van der Waals surface area contributed by atoms with Gasteiger partial charge in [-0.1, -0.05) is 30.5 Å². The number of urea groups is 1. The molecule has 4 rings (SSSR count). The summed E-state index contributed by atoms with van der Waals surface area (Å²) in [6.45, 7) is 5.22. The highest BCUT2D eigenvalue weighted by Crippen LogP contribution is 2.40. The second-order valence-corrected chi connectivity index (χ2v) is 9.38. The number of carbonyl (C=O) groups is 3. The van der Waals surface area contributed by atoms with E-state index < -0.39 is 17.6 Å². The first-order valence-corrected chi connectivity index (χ1v) is 11.5. The van der Waals surface area contributed by atoms with E-state index in [4.69, 9.17) is 9.47 Å². The first-order chi connectivity index (χ1) is 15.3. The SMILES string of the molecule is COc1ccc(C)cc1C1(CNC(=O)C(C)N2C(=O)NC3(CCCC3)C2=O)CCOCC1. The summed E-state index contributed by atoms with van der Waals surface area (Å²) in [7, 11) is 1.65. The lowest BCUT2D eigenvalue weighted by Gasteiger charge is -2.39. The second-order valence-electron chi connectivity index (χ2n) is 9.38. The highest BCUT2D eigenvalue weighted by molar-refractivity contribution is 6.09. The van der Waals surface area contributed by atoms with Crippen molar-refractivity contribution >= 4 is 17.8 Å². The molecule has 2 saturated heterocycles. The third-order valence-electron chi connectivity index (χ3n) is 7.39. The van der Waals surface area contributed by atoms with Crippen molar-refractivity contribution in [2.75, 3.05) is 26.9 Å². The van der Waals surface area contributed by atoms with Crippen LogP contribution in [0.2, 0.25) is 0 Å². The normalized spacial score (nSPS) is 22.7. The van der Waals surface area contributed by atoms with Gasteiger partial charge >= 0.3 is 6.03 Å². The largest absolute Gasteiger partial charge is 0.496 e. The summed E-state index contributed by atoms with van der Waals surface area (Å²) in [6, 6.07) is 4.73. The molecule has 0 radical (unpaired) electrons. The highest BCUT2D eigenvalue weighted by Gasteiger charge is 2.54. The Hall–Kier alpha value is -2.61. The van der Waals surface area contributed by atoms with Crippen molar-refractivity contribution in [2.24, 2.45) is 0 Å². The Kier molecular flexibility index (Phi) is 6.16. The number of benzene rings is 1. The van der Waals surface area contributed by atoms with Crippen LogP contribution in [0.4, 0.5) is 4.79 Å². The number of aryl methyl sites for hydroxylation is 1. The number of ether oxygens (including phenoxy) is 2. The molecule has 3 fully saturated rings. The van der Waals surface area contributed by atoms with E-state index in [0.717, 1.165) is 47.5 Å². The molecule has 1 aliphatic carbocycles. The molecule has 8 heteroatoms. The monoisotopic (exact) mass is 443 g/mol. The molecule has 0 aromatic heterocycles. The fourth-order valence-corrected chi connectivity index (χ4v) is 5.37. The van der Waals surface area contributed by atoms with E-state index in [1.807, 2.05) is 19.1 Å². The number of carbonyl (C=O) groups excluding carboxylic acids is 3.